The summed E-state index contributed by atoms with van der Waals surface area (Å²) in [5, 5.41) is 30.0. The van der Waals surface area contributed by atoms with Gasteiger partial charge in [-0.25, -0.2) is 4.79 Å². The summed E-state index contributed by atoms with van der Waals surface area (Å²) in [6.07, 6.45) is -0.657. The molecule has 0 saturated heterocycles. The molecule has 0 spiro atoms. The Balaban J connectivity index is 0.00000200. The molecule has 0 fully saturated rings. The fourth-order valence-electron chi connectivity index (χ4n) is 1.70. The van der Waals surface area contributed by atoms with Crippen molar-refractivity contribution in [3.05, 3.63) is 42.1 Å². The van der Waals surface area contributed by atoms with E-state index < -0.39 is 24.0 Å². The van der Waals surface area contributed by atoms with Crippen molar-refractivity contribution in [3.8, 4) is 0 Å². The summed E-state index contributed by atoms with van der Waals surface area (Å²) < 4.78 is 0. The van der Waals surface area contributed by atoms with Crippen molar-refractivity contribution in [3.63, 3.8) is 0 Å². The van der Waals surface area contributed by atoms with Gasteiger partial charge in [0.2, 0.25) is 5.60 Å². The molecule has 0 aliphatic rings. The van der Waals surface area contributed by atoms with E-state index >= 15 is 0 Å². The molecule has 1 atom stereocenters. The Kier molecular flexibility index (Phi) is 4.90. The number of rotatable bonds is 4. The Morgan fingerprint density at radius 3 is 2.45 bits per heavy atom. The Bertz CT molecular complexity index is 644. The van der Waals surface area contributed by atoms with Gasteiger partial charge in [-0.2, -0.15) is 0 Å². The zero-order valence-electron chi connectivity index (χ0n) is 10.7. The van der Waals surface area contributed by atoms with Gasteiger partial charge >= 0.3 is 24.8 Å². The average molecular weight is 267 g/mol. The molecule has 0 radical (unpaired) electrons. The van der Waals surface area contributed by atoms with E-state index in [2.05, 4.69) is 4.98 Å². The summed E-state index contributed by atoms with van der Waals surface area (Å²) in [5.74, 6) is -3.93. The first-order valence-electron chi connectivity index (χ1n) is 5.45. The van der Waals surface area contributed by atoms with E-state index in [0.29, 0.717) is 5.52 Å². The minimum atomic E-state index is -2.98. The minimum Gasteiger partial charge on any atom is -0.546 e. The van der Waals surface area contributed by atoms with E-state index in [1.165, 1.54) is 6.07 Å². The van der Waals surface area contributed by atoms with Crippen molar-refractivity contribution in [1.29, 1.82) is 0 Å². The Hall–Kier alpha value is -1.87. The Morgan fingerprint density at radius 1 is 1.20 bits per heavy atom. The number of aromatic nitrogens is 1. The van der Waals surface area contributed by atoms with E-state index in [0.717, 1.165) is 5.39 Å². The summed E-state index contributed by atoms with van der Waals surface area (Å²) in [6.45, 7) is 0. The van der Waals surface area contributed by atoms with Crippen LogP contribution in [0, 0.1) is 0 Å². The number of hydrogen-bond donors (Lipinski definition) is 2. The van der Waals surface area contributed by atoms with Gasteiger partial charge in [-0.1, -0.05) is 24.3 Å². The number of pyridine rings is 1. The van der Waals surface area contributed by atoms with Crippen LogP contribution in [0.1, 0.15) is 5.69 Å². The molecule has 20 heavy (non-hydrogen) atoms. The van der Waals surface area contributed by atoms with Gasteiger partial charge in [-0.05, 0) is 12.1 Å². The third kappa shape index (κ3) is 2.99. The van der Waals surface area contributed by atoms with Crippen molar-refractivity contribution in [2.75, 3.05) is 0 Å². The summed E-state index contributed by atoms with van der Waals surface area (Å²) in [6, 6.07) is 10.2. The number of carboxylic acid groups (broad SMARTS) is 2. The molecule has 1 unspecified atom stereocenters. The van der Waals surface area contributed by atoms with Crippen molar-refractivity contribution >= 4 is 22.8 Å². The molecule has 2 rings (SSSR count). The molecule has 6 nitrogen and oxygen atoms in total. The molecule has 0 saturated carbocycles. The van der Waals surface area contributed by atoms with Gasteiger partial charge in [0.1, 0.15) is 0 Å². The second-order valence-electron chi connectivity index (χ2n) is 4.12. The number of para-hydroxylation sites is 1. The van der Waals surface area contributed by atoms with Gasteiger partial charge in [-0.15, -0.1) is 0 Å². The largest absolute Gasteiger partial charge is 1.00 e. The van der Waals surface area contributed by atoms with Gasteiger partial charge in [0.25, 0.3) is 0 Å². The van der Waals surface area contributed by atoms with Crippen LogP contribution < -0.4 is 24.0 Å². The van der Waals surface area contributed by atoms with Gasteiger partial charge in [0, 0.05) is 17.5 Å². The van der Waals surface area contributed by atoms with Crippen LogP contribution in [0.4, 0.5) is 0 Å². The zero-order valence-corrected chi connectivity index (χ0v) is 10.7. The van der Waals surface area contributed by atoms with Crippen LogP contribution >= 0.6 is 0 Å². The number of fused-ring (bicyclic) bond motifs is 1. The number of aliphatic carboxylic acids is 2. The molecule has 1 aromatic carbocycles. The van der Waals surface area contributed by atoms with Crippen LogP contribution in [0.15, 0.2) is 36.4 Å². The van der Waals surface area contributed by atoms with Crippen LogP contribution in [0.25, 0.3) is 10.9 Å². The van der Waals surface area contributed by atoms with Crippen LogP contribution in [-0.2, 0) is 16.0 Å². The van der Waals surface area contributed by atoms with E-state index in [-0.39, 0.29) is 24.6 Å². The molecule has 0 bridgehead atoms. The van der Waals surface area contributed by atoms with Crippen molar-refractivity contribution < 1.29 is 43.8 Å². The van der Waals surface area contributed by atoms with Gasteiger partial charge in [0.05, 0.1) is 11.5 Å². The number of nitrogens with zero attached hydrogens (tertiary/aromatic N) is 1. The first-order valence-corrected chi connectivity index (χ1v) is 5.45. The van der Waals surface area contributed by atoms with Gasteiger partial charge in [-0.3, -0.25) is 4.98 Å². The quantitative estimate of drug-likeness (QED) is 0.436. The molecular formula is C13H10LiNO5. The minimum absolute atomic E-state index is 0. The van der Waals surface area contributed by atoms with Crippen LogP contribution in [0.5, 0.6) is 0 Å². The van der Waals surface area contributed by atoms with E-state index in [4.69, 9.17) is 5.11 Å². The van der Waals surface area contributed by atoms with E-state index in [1.54, 1.807) is 18.2 Å². The third-order valence-corrected chi connectivity index (χ3v) is 2.78. The first kappa shape index (κ1) is 16.2. The maximum atomic E-state index is 10.8. The standard InChI is InChI=1S/C13H11NO5.Li/c15-11(16)13(19,12(17)18)7-9-6-5-8-3-1-2-4-10(8)14-9;/h1-6,19H,7H2,(H,15,16)(H,17,18);/q;+1/p-1. The fourth-order valence-corrected chi connectivity index (χ4v) is 1.70. The zero-order chi connectivity index (χ0) is 14.0. The molecule has 1 aromatic heterocycles. The maximum Gasteiger partial charge on any atom is 1.00 e. The van der Waals surface area contributed by atoms with Gasteiger partial charge < -0.3 is 20.1 Å². The predicted octanol–water partition coefficient (Wildman–Crippen LogP) is -3.65. The Morgan fingerprint density at radius 2 is 1.85 bits per heavy atom. The summed E-state index contributed by atoms with van der Waals surface area (Å²) in [5.41, 5.74) is -2.23. The molecule has 2 aromatic rings. The Labute approximate surface area is 126 Å². The van der Waals surface area contributed by atoms with Crippen LogP contribution in [0.3, 0.4) is 0 Å². The number of aliphatic hydroxyl groups is 1. The van der Waals surface area contributed by atoms with Crippen molar-refractivity contribution in [1.82, 2.24) is 4.98 Å². The van der Waals surface area contributed by atoms with E-state index in [1.807, 2.05) is 12.1 Å². The number of benzene rings is 1. The normalized spacial score (nSPS) is 13.2. The molecule has 0 aliphatic heterocycles. The van der Waals surface area contributed by atoms with E-state index in [9.17, 15) is 19.8 Å². The maximum absolute atomic E-state index is 10.8. The summed E-state index contributed by atoms with van der Waals surface area (Å²) >= 11 is 0. The van der Waals surface area contributed by atoms with Crippen LogP contribution in [0.2, 0.25) is 0 Å². The molecule has 7 heteroatoms. The van der Waals surface area contributed by atoms with Crippen molar-refractivity contribution in [2.45, 2.75) is 12.0 Å². The summed E-state index contributed by atoms with van der Waals surface area (Å²) in [4.78, 5) is 25.7. The monoisotopic (exact) mass is 267 g/mol. The fraction of sp³-hybridized carbons (Fsp3) is 0.154. The number of carboxylic acids is 2. The first-order chi connectivity index (χ1) is 8.93. The SMILES string of the molecule is O=C([O-])C(O)(Cc1ccc2ccccc2n1)C(=O)O.[Li+]. The van der Waals surface area contributed by atoms with Crippen LogP contribution in [-0.4, -0.2) is 32.7 Å². The predicted molar refractivity (Wildman–Crippen MR) is 63.0 cm³/mol. The van der Waals surface area contributed by atoms with Gasteiger partial charge in [0.15, 0.2) is 0 Å². The second kappa shape index (κ2) is 6.05. The number of carbonyl (C=O) groups excluding carboxylic acids is 1. The molecule has 0 aliphatic carbocycles. The number of hydrogen-bond acceptors (Lipinski definition) is 5. The smallest absolute Gasteiger partial charge is 0.546 e. The molecular weight excluding hydrogens is 257 g/mol. The average Bonchev–Trinajstić information content (AvgIpc) is 2.38. The third-order valence-electron chi connectivity index (χ3n) is 2.78. The molecule has 0 amide bonds. The van der Waals surface area contributed by atoms with Crippen molar-refractivity contribution in [2.24, 2.45) is 0 Å². The molecule has 1 heterocycles. The number of carbonyl (C=O) groups is 2. The topological polar surface area (TPSA) is 111 Å². The molecule has 2 N–H and O–H groups in total. The molecule has 98 valence electrons. The summed E-state index contributed by atoms with van der Waals surface area (Å²) in [7, 11) is 0. The second-order valence-corrected chi connectivity index (χ2v) is 4.12.